The third kappa shape index (κ3) is 76.9. The van der Waals surface area contributed by atoms with Crippen molar-refractivity contribution in [2.75, 3.05) is 47.5 Å². The van der Waals surface area contributed by atoms with Gasteiger partial charge in [0.2, 0.25) is 0 Å². The van der Waals surface area contributed by atoms with Crippen LogP contribution in [0.4, 0.5) is 0 Å². The molecule has 0 rings (SSSR count). The maximum atomic E-state index is 12.9. The van der Waals surface area contributed by atoms with Crippen molar-refractivity contribution in [1.82, 2.24) is 0 Å². The van der Waals surface area contributed by atoms with Gasteiger partial charge in [0.05, 0.1) is 27.7 Å². The second-order valence-electron chi connectivity index (χ2n) is 26.7. The summed E-state index contributed by atoms with van der Waals surface area (Å²) in [5, 5.41) is 0. The number of rotatable bonds is 70. The van der Waals surface area contributed by atoms with Gasteiger partial charge in [-0.15, -0.1) is 0 Å². The molecule has 0 amide bonds. The first-order valence-corrected chi connectivity index (χ1v) is 40.1. The summed E-state index contributed by atoms with van der Waals surface area (Å²) in [5.41, 5.74) is 0. The largest absolute Gasteiger partial charge is 0.472 e. The van der Waals surface area contributed by atoms with Gasteiger partial charge in [-0.3, -0.25) is 18.6 Å². The normalized spacial score (nSPS) is 13.9. The summed E-state index contributed by atoms with van der Waals surface area (Å²) in [4.78, 5) is 36.0. The topological polar surface area (TPSA) is 108 Å². The number of nitrogens with zero attached hydrogens (tertiary/aromatic N) is 1. The summed E-state index contributed by atoms with van der Waals surface area (Å²) in [7, 11) is 1.47. The lowest BCUT2D eigenvalue weighted by Gasteiger charge is -2.24. The lowest BCUT2D eigenvalue weighted by Crippen LogP contribution is -2.37. The molecule has 9 nitrogen and oxygen atoms in total. The Bertz CT molecular complexity index is 2100. The molecule has 0 aromatic rings. The highest BCUT2D eigenvalue weighted by atomic mass is 31.2. The molecule has 0 aromatic carbocycles. The first kappa shape index (κ1) is 89.9. The molecule has 1 N–H and O–H groups in total. The summed E-state index contributed by atoms with van der Waals surface area (Å²) in [6, 6.07) is 0. The van der Waals surface area contributed by atoms with Gasteiger partial charge in [0.1, 0.15) is 19.8 Å². The molecule has 0 saturated heterocycles. The Labute approximate surface area is 580 Å². The summed E-state index contributed by atoms with van der Waals surface area (Å²) >= 11 is 0. The number of carbonyl (C=O) groups is 2. The zero-order valence-electron chi connectivity index (χ0n) is 61.4. The van der Waals surface area contributed by atoms with Crippen LogP contribution in [-0.2, 0) is 32.7 Å². The first-order chi connectivity index (χ1) is 46.0. The van der Waals surface area contributed by atoms with E-state index in [0.717, 1.165) is 116 Å². The van der Waals surface area contributed by atoms with E-state index in [0.29, 0.717) is 17.4 Å². The van der Waals surface area contributed by atoms with Gasteiger partial charge < -0.3 is 18.9 Å². The van der Waals surface area contributed by atoms with Crippen molar-refractivity contribution in [3.05, 3.63) is 146 Å². The summed E-state index contributed by atoms with van der Waals surface area (Å²) in [5.74, 6) is -0.802. The SMILES string of the molecule is CC/C=C\C/C=C\C/C=C\C/C=C\C/C=C\C/C=C\C/C=C\C/C=C\C/C=C\CCCCCCCCCCCC(=O)OC(COC(=O)CCCCCCCCCCCCCCCCCCCC/C=C\C/C=C\C/C=C\CCCCCCC)COP(=O)(O)OCC[N+](C)(C)C. The molecule has 2 atom stereocenters. The molecule has 0 heterocycles. The molecule has 2 unspecified atom stereocenters. The van der Waals surface area contributed by atoms with Crippen LogP contribution in [0, 0.1) is 0 Å². The number of phosphoric acid groups is 1. The van der Waals surface area contributed by atoms with E-state index in [-0.39, 0.29) is 32.0 Å². The van der Waals surface area contributed by atoms with Crippen molar-refractivity contribution >= 4 is 19.8 Å². The Balaban J connectivity index is 4.06. The molecule has 0 aliphatic carbocycles. The van der Waals surface area contributed by atoms with Gasteiger partial charge in [-0.1, -0.05) is 333 Å². The molecule has 0 fully saturated rings. The predicted molar refractivity (Wildman–Crippen MR) is 408 cm³/mol. The number of allylic oxidation sites excluding steroid dienone is 24. The first-order valence-electron chi connectivity index (χ1n) is 38.6. The van der Waals surface area contributed by atoms with Gasteiger partial charge in [0.15, 0.2) is 6.10 Å². The van der Waals surface area contributed by atoms with Crippen LogP contribution in [0.1, 0.15) is 322 Å². The van der Waals surface area contributed by atoms with Crippen molar-refractivity contribution in [3.63, 3.8) is 0 Å². The number of phosphoric ester groups is 1. The molecule has 0 aliphatic rings. The van der Waals surface area contributed by atoms with Crippen molar-refractivity contribution in [2.24, 2.45) is 0 Å². The molecule has 0 bridgehead atoms. The van der Waals surface area contributed by atoms with Gasteiger partial charge in [-0.2, -0.15) is 0 Å². The average molecular weight is 1330 g/mol. The van der Waals surface area contributed by atoms with Gasteiger partial charge in [0, 0.05) is 12.8 Å². The fraction of sp³-hybridized carbons (Fsp3) is 0.690. The Kier molecular flexibility index (Phi) is 69.9. The second-order valence-corrected chi connectivity index (χ2v) is 28.1. The van der Waals surface area contributed by atoms with E-state index in [9.17, 15) is 19.0 Å². The van der Waals surface area contributed by atoms with E-state index in [1.165, 1.54) is 173 Å². The molecule has 0 saturated carbocycles. The highest BCUT2D eigenvalue weighted by Gasteiger charge is 2.27. The van der Waals surface area contributed by atoms with Crippen LogP contribution in [0.3, 0.4) is 0 Å². The zero-order valence-corrected chi connectivity index (χ0v) is 62.3. The quantitative estimate of drug-likeness (QED) is 0.0211. The van der Waals surface area contributed by atoms with Gasteiger partial charge >= 0.3 is 19.8 Å². The molecule has 0 spiro atoms. The highest BCUT2D eigenvalue weighted by Crippen LogP contribution is 2.43. The third-order valence-electron chi connectivity index (χ3n) is 16.4. The summed E-state index contributed by atoms with van der Waals surface area (Å²) in [6.07, 6.45) is 108. The summed E-state index contributed by atoms with van der Waals surface area (Å²) < 4.78 is 34.8. The third-order valence-corrected chi connectivity index (χ3v) is 17.3. The van der Waals surface area contributed by atoms with Crippen LogP contribution >= 0.6 is 7.82 Å². The number of hydrogen-bond donors (Lipinski definition) is 1. The zero-order chi connectivity index (χ0) is 68.3. The minimum Gasteiger partial charge on any atom is -0.462 e. The number of likely N-dealkylation sites (N-methyl/N-ethyl adjacent to an activating group) is 1. The van der Waals surface area contributed by atoms with E-state index in [4.69, 9.17) is 18.5 Å². The van der Waals surface area contributed by atoms with E-state index in [2.05, 4.69) is 160 Å². The minimum absolute atomic E-state index is 0.0249. The number of quaternary nitrogens is 1. The van der Waals surface area contributed by atoms with Crippen LogP contribution in [0.5, 0.6) is 0 Å². The molecular formula is C84H145NO8P+. The van der Waals surface area contributed by atoms with Crippen LogP contribution in [0.25, 0.3) is 0 Å². The fourth-order valence-corrected chi connectivity index (χ4v) is 11.2. The van der Waals surface area contributed by atoms with Crippen molar-refractivity contribution < 1.29 is 42.1 Å². The molecule has 10 heteroatoms. The van der Waals surface area contributed by atoms with Gasteiger partial charge in [0.25, 0.3) is 0 Å². The maximum Gasteiger partial charge on any atom is 0.472 e. The fourth-order valence-electron chi connectivity index (χ4n) is 10.5. The average Bonchev–Trinajstić information content (AvgIpc) is 1.56. The smallest absolute Gasteiger partial charge is 0.462 e. The molecular weight excluding hydrogens is 1180 g/mol. The van der Waals surface area contributed by atoms with Crippen molar-refractivity contribution in [2.45, 2.75) is 328 Å². The van der Waals surface area contributed by atoms with Crippen LogP contribution < -0.4 is 0 Å². The number of carbonyl (C=O) groups excluding carboxylic acids is 2. The van der Waals surface area contributed by atoms with Crippen molar-refractivity contribution in [3.8, 4) is 0 Å². The predicted octanol–water partition coefficient (Wildman–Crippen LogP) is 25.7. The lowest BCUT2D eigenvalue weighted by molar-refractivity contribution is -0.870. The van der Waals surface area contributed by atoms with E-state index >= 15 is 0 Å². The Morgan fingerprint density at radius 1 is 0.340 bits per heavy atom. The highest BCUT2D eigenvalue weighted by molar-refractivity contribution is 7.47. The molecule has 0 aliphatic heterocycles. The molecule has 538 valence electrons. The lowest BCUT2D eigenvalue weighted by atomic mass is 10.0. The van der Waals surface area contributed by atoms with Gasteiger partial charge in [-0.05, 0) is 122 Å². The van der Waals surface area contributed by atoms with Crippen LogP contribution in [-0.4, -0.2) is 74.9 Å². The number of unbranched alkanes of at least 4 members (excludes halogenated alkanes) is 32. The standard InChI is InChI=1S/C84H144NO8P/c1-6-8-10-12-14-16-18-20-22-24-26-28-30-32-34-36-38-40-41-42-43-45-47-49-51-53-55-57-59-61-63-65-67-69-71-73-75-77-84(87)93-82(81-92-94(88,89)91-79-78-85(3,4)5)80-90-83(86)76-74-72-70-68-66-64-62-60-58-56-54-52-50-48-46-44-39-37-35-33-31-29-27-25-23-21-19-17-15-13-11-9-7-2/h8,10,14,16,19-22,25-28,31-34,38,40,42-43,47,49,53,55,82H,6-7,9,11-13,15,17-18,23-24,29-30,35-37,39,41,44-46,48,50-52,54,56-81H2,1-5H3/p+1/b10-8-,16-14-,21-19-,22-20-,27-25-,28-26-,33-31-,34-32-,40-38-,43-42-,49-47-,55-53-. The molecule has 0 aromatic heterocycles. The van der Waals surface area contributed by atoms with E-state index in [1.54, 1.807) is 0 Å². The molecule has 94 heavy (non-hydrogen) atoms. The van der Waals surface area contributed by atoms with Crippen LogP contribution in [0.2, 0.25) is 0 Å². The minimum atomic E-state index is -4.41. The molecule has 0 radical (unpaired) electrons. The van der Waals surface area contributed by atoms with Crippen LogP contribution in [0.15, 0.2) is 146 Å². The number of ether oxygens (including phenoxy) is 2. The second kappa shape index (κ2) is 73.1. The van der Waals surface area contributed by atoms with E-state index < -0.39 is 26.5 Å². The Hall–Kier alpha value is -4.11. The number of hydrogen-bond acceptors (Lipinski definition) is 7. The Morgan fingerprint density at radius 3 is 0.904 bits per heavy atom. The summed E-state index contributed by atoms with van der Waals surface area (Å²) in [6.45, 7) is 4.32. The Morgan fingerprint density at radius 2 is 0.606 bits per heavy atom. The number of esters is 2. The van der Waals surface area contributed by atoms with Crippen molar-refractivity contribution in [1.29, 1.82) is 0 Å². The monoisotopic (exact) mass is 1330 g/mol. The maximum absolute atomic E-state index is 12.9. The van der Waals surface area contributed by atoms with E-state index in [1.807, 2.05) is 21.1 Å². The van der Waals surface area contributed by atoms with Gasteiger partial charge in [-0.25, -0.2) is 4.57 Å².